The van der Waals surface area contributed by atoms with Crippen molar-refractivity contribution in [3.63, 3.8) is 0 Å². The van der Waals surface area contributed by atoms with Gasteiger partial charge in [-0.3, -0.25) is 0 Å². The molecule has 5 aromatic rings. The number of hydrogen-bond donors (Lipinski definition) is 0. The minimum absolute atomic E-state index is 0.309. The van der Waals surface area contributed by atoms with Crippen LogP contribution in [0.25, 0.3) is 33.4 Å². The molecule has 7 rings (SSSR count). The summed E-state index contributed by atoms with van der Waals surface area (Å²) >= 11 is 6.70. The maximum atomic E-state index is 6.70. The molecule has 2 aliphatic carbocycles. The van der Waals surface area contributed by atoms with E-state index < -0.39 is 0 Å². The fourth-order valence-corrected chi connectivity index (χ4v) is 6.29. The van der Waals surface area contributed by atoms with Crippen LogP contribution in [0.4, 0.5) is 0 Å². The third-order valence-corrected chi connectivity index (χ3v) is 7.51. The van der Waals surface area contributed by atoms with Crippen molar-refractivity contribution < 1.29 is 0 Å². The summed E-state index contributed by atoms with van der Waals surface area (Å²) in [7, 11) is 0. The summed E-state index contributed by atoms with van der Waals surface area (Å²) in [6.45, 7) is 0. The van der Waals surface area contributed by atoms with E-state index in [1.54, 1.807) is 0 Å². The Balaban J connectivity index is 1.68. The van der Waals surface area contributed by atoms with Crippen molar-refractivity contribution >= 4 is 11.6 Å². The van der Waals surface area contributed by atoms with Gasteiger partial charge in [-0.15, -0.1) is 0 Å². The highest BCUT2D eigenvalue weighted by atomic mass is 35.5. The van der Waals surface area contributed by atoms with Gasteiger partial charge in [-0.2, -0.15) is 0 Å². The molecule has 32 heavy (non-hydrogen) atoms. The zero-order valence-electron chi connectivity index (χ0n) is 17.3. The van der Waals surface area contributed by atoms with Crippen molar-refractivity contribution in [2.75, 3.05) is 0 Å². The van der Waals surface area contributed by atoms with Crippen LogP contribution < -0.4 is 0 Å². The molecular weight excluding hydrogens is 408 g/mol. The molecule has 0 radical (unpaired) electrons. The van der Waals surface area contributed by atoms with Crippen LogP contribution in [0.1, 0.15) is 22.3 Å². The molecule has 0 atom stereocenters. The molecule has 0 fully saturated rings. The Morgan fingerprint density at radius 1 is 0.375 bits per heavy atom. The van der Waals surface area contributed by atoms with E-state index in [0.29, 0.717) is 0 Å². The van der Waals surface area contributed by atoms with Gasteiger partial charge in [0.1, 0.15) is 0 Å². The predicted molar refractivity (Wildman–Crippen MR) is 133 cm³/mol. The zero-order chi connectivity index (χ0) is 21.3. The fraction of sp³-hybridized carbons (Fsp3) is 0.0323. The van der Waals surface area contributed by atoms with Crippen LogP contribution in [0.5, 0.6) is 0 Å². The first kappa shape index (κ1) is 18.0. The van der Waals surface area contributed by atoms with Gasteiger partial charge in [0.2, 0.25) is 0 Å². The second kappa shape index (κ2) is 6.45. The molecule has 1 heteroatoms. The van der Waals surface area contributed by atoms with E-state index >= 15 is 0 Å². The Morgan fingerprint density at radius 2 is 0.812 bits per heavy atom. The maximum Gasteiger partial charge on any atom is 0.0725 e. The molecule has 0 unspecified atom stereocenters. The summed E-state index contributed by atoms with van der Waals surface area (Å²) in [6, 6.07) is 41.6. The lowest BCUT2D eigenvalue weighted by Crippen LogP contribution is -2.25. The van der Waals surface area contributed by atoms with E-state index in [1.165, 1.54) is 50.1 Å². The van der Waals surface area contributed by atoms with E-state index in [1.807, 2.05) is 12.1 Å². The second-order valence-corrected chi connectivity index (χ2v) is 9.00. The Bertz CT molecular complexity index is 1500. The smallest absolute Gasteiger partial charge is 0.0725 e. The molecule has 5 aromatic carbocycles. The van der Waals surface area contributed by atoms with E-state index in [4.69, 9.17) is 11.6 Å². The summed E-state index contributed by atoms with van der Waals surface area (Å²) in [5.74, 6) is 0. The van der Waals surface area contributed by atoms with Crippen LogP contribution in [-0.4, -0.2) is 0 Å². The van der Waals surface area contributed by atoms with Crippen LogP contribution in [0.2, 0.25) is 5.02 Å². The van der Waals surface area contributed by atoms with Gasteiger partial charge in [-0.1, -0.05) is 121 Å². The van der Waals surface area contributed by atoms with Crippen molar-refractivity contribution in [3.8, 4) is 33.4 Å². The molecule has 0 bridgehead atoms. The SMILES string of the molecule is Clc1ccccc1-c1cccc2c1-c1ccccc1C21c2ccccc2-c2ccccc21. The van der Waals surface area contributed by atoms with Crippen LogP contribution in [0, 0.1) is 0 Å². The van der Waals surface area contributed by atoms with Gasteiger partial charge in [0.15, 0.2) is 0 Å². The standard InChI is InChI=1S/C31H19Cl/c32-29-19-8-4-12-22(29)23-14-9-18-28-30(23)24-13-3-7-17-27(24)31(28)25-15-5-1-10-20(25)21-11-2-6-16-26(21)31/h1-19H. The van der Waals surface area contributed by atoms with Crippen molar-refractivity contribution in [3.05, 3.63) is 143 Å². The van der Waals surface area contributed by atoms with Crippen molar-refractivity contribution in [2.45, 2.75) is 5.41 Å². The van der Waals surface area contributed by atoms with Crippen molar-refractivity contribution in [1.29, 1.82) is 0 Å². The highest BCUT2D eigenvalue weighted by Gasteiger charge is 2.51. The summed E-state index contributed by atoms with van der Waals surface area (Å²) in [5, 5.41) is 0.784. The molecule has 0 amide bonds. The molecular formula is C31H19Cl. The molecule has 0 N–H and O–H groups in total. The lowest BCUT2D eigenvalue weighted by atomic mass is 9.70. The quantitative estimate of drug-likeness (QED) is 0.247. The third-order valence-electron chi connectivity index (χ3n) is 7.19. The first-order valence-electron chi connectivity index (χ1n) is 11.0. The average molecular weight is 427 g/mol. The highest BCUT2D eigenvalue weighted by Crippen LogP contribution is 2.63. The molecule has 0 aliphatic heterocycles. The van der Waals surface area contributed by atoms with E-state index in [0.717, 1.165) is 10.6 Å². The number of rotatable bonds is 1. The summed E-state index contributed by atoms with van der Waals surface area (Å²) in [5.41, 5.74) is 12.6. The van der Waals surface area contributed by atoms with E-state index in [2.05, 4.69) is 103 Å². The Kier molecular flexibility index (Phi) is 3.63. The van der Waals surface area contributed by atoms with Gasteiger partial charge in [-0.25, -0.2) is 0 Å². The Morgan fingerprint density at radius 3 is 1.44 bits per heavy atom. The largest absolute Gasteiger partial charge is 0.0837 e. The number of halogens is 1. The van der Waals surface area contributed by atoms with Gasteiger partial charge in [0.05, 0.1) is 5.41 Å². The lowest BCUT2D eigenvalue weighted by Gasteiger charge is -2.30. The molecule has 0 saturated heterocycles. The number of hydrogen-bond acceptors (Lipinski definition) is 0. The van der Waals surface area contributed by atoms with Gasteiger partial charge in [0.25, 0.3) is 0 Å². The highest BCUT2D eigenvalue weighted by molar-refractivity contribution is 6.33. The summed E-state index contributed by atoms with van der Waals surface area (Å²) in [6.07, 6.45) is 0. The molecule has 0 heterocycles. The topological polar surface area (TPSA) is 0 Å². The number of fused-ring (bicyclic) bond motifs is 10. The first-order chi connectivity index (χ1) is 15.8. The predicted octanol–water partition coefficient (Wildman–Crippen LogP) is 8.35. The van der Waals surface area contributed by atoms with Crippen LogP contribution >= 0.6 is 11.6 Å². The number of benzene rings is 5. The minimum Gasteiger partial charge on any atom is -0.0837 e. The van der Waals surface area contributed by atoms with Crippen LogP contribution in [0.15, 0.2) is 115 Å². The molecule has 0 saturated carbocycles. The van der Waals surface area contributed by atoms with Crippen LogP contribution in [0.3, 0.4) is 0 Å². The molecule has 150 valence electrons. The Hall–Kier alpha value is -3.61. The molecule has 0 aromatic heterocycles. The molecule has 1 spiro atoms. The fourth-order valence-electron chi connectivity index (χ4n) is 6.05. The first-order valence-corrected chi connectivity index (χ1v) is 11.4. The monoisotopic (exact) mass is 426 g/mol. The third kappa shape index (κ3) is 2.08. The van der Waals surface area contributed by atoms with Crippen LogP contribution in [-0.2, 0) is 5.41 Å². The lowest BCUT2D eigenvalue weighted by molar-refractivity contribution is 0.794. The summed E-state index contributed by atoms with van der Waals surface area (Å²) < 4.78 is 0. The van der Waals surface area contributed by atoms with Crippen molar-refractivity contribution in [1.82, 2.24) is 0 Å². The van der Waals surface area contributed by atoms with E-state index in [-0.39, 0.29) is 5.41 Å². The van der Waals surface area contributed by atoms with Gasteiger partial charge in [0, 0.05) is 10.6 Å². The second-order valence-electron chi connectivity index (χ2n) is 8.59. The minimum atomic E-state index is -0.309. The van der Waals surface area contributed by atoms with Gasteiger partial charge >= 0.3 is 0 Å². The molecule has 0 nitrogen and oxygen atoms in total. The summed E-state index contributed by atoms with van der Waals surface area (Å²) in [4.78, 5) is 0. The van der Waals surface area contributed by atoms with Gasteiger partial charge in [-0.05, 0) is 56.1 Å². The molecule has 2 aliphatic rings. The zero-order valence-corrected chi connectivity index (χ0v) is 18.1. The maximum absolute atomic E-state index is 6.70. The van der Waals surface area contributed by atoms with Gasteiger partial charge < -0.3 is 0 Å². The average Bonchev–Trinajstić information content (AvgIpc) is 3.32. The normalized spacial score (nSPS) is 14.0. The Labute approximate surface area is 192 Å². The van der Waals surface area contributed by atoms with Crippen molar-refractivity contribution in [2.24, 2.45) is 0 Å². The van der Waals surface area contributed by atoms with E-state index in [9.17, 15) is 0 Å².